The van der Waals surface area contributed by atoms with Gasteiger partial charge in [-0.3, -0.25) is 9.59 Å². The highest BCUT2D eigenvalue weighted by Crippen LogP contribution is 2.18. The van der Waals surface area contributed by atoms with Gasteiger partial charge in [0.25, 0.3) is 0 Å². The van der Waals surface area contributed by atoms with Gasteiger partial charge in [-0.05, 0) is 32.1 Å². The molecule has 0 aromatic heterocycles. The molecule has 0 radical (unpaired) electrons. The summed E-state index contributed by atoms with van der Waals surface area (Å²) in [5.41, 5.74) is 0. The van der Waals surface area contributed by atoms with E-state index in [9.17, 15) is 9.59 Å². The van der Waals surface area contributed by atoms with E-state index in [2.05, 4.69) is 25.7 Å². The Hall–Kier alpha value is -1.58. The van der Waals surface area contributed by atoms with Gasteiger partial charge in [-0.2, -0.15) is 0 Å². The fourth-order valence-corrected chi connectivity index (χ4v) is 5.36. The molecule has 0 rings (SSSR count). The van der Waals surface area contributed by atoms with Crippen LogP contribution in [0.5, 0.6) is 0 Å². The molecule has 0 amide bonds. The molecular formula is C36H66O4. The van der Waals surface area contributed by atoms with Crippen LogP contribution in [0.4, 0.5) is 0 Å². The largest absolute Gasteiger partial charge is 0.481 e. The lowest BCUT2D eigenvalue weighted by Crippen LogP contribution is -2.21. The number of carboxylic acids is 1. The Morgan fingerprint density at radius 1 is 0.625 bits per heavy atom. The van der Waals surface area contributed by atoms with Crippen molar-refractivity contribution in [2.45, 2.75) is 180 Å². The maximum atomic E-state index is 12.0. The fraction of sp³-hybridized carbons (Fsp3) is 0.833. The number of hydrogen-bond donors (Lipinski definition) is 1. The summed E-state index contributed by atoms with van der Waals surface area (Å²) in [5.74, 6) is -1.92. The first-order chi connectivity index (χ1) is 19.6. The van der Waals surface area contributed by atoms with Crippen LogP contribution < -0.4 is 0 Å². The van der Waals surface area contributed by atoms with Crippen LogP contribution in [0.3, 0.4) is 0 Å². The SMILES string of the molecule is C=CCOC(=O)C(CCCCC/C=C/CCCCCCCCCCCCCCCCCCCCCC)CC(=O)O. The van der Waals surface area contributed by atoms with Crippen molar-refractivity contribution in [3.8, 4) is 0 Å². The molecule has 0 aliphatic rings. The minimum absolute atomic E-state index is 0.138. The van der Waals surface area contributed by atoms with Crippen molar-refractivity contribution in [3.63, 3.8) is 0 Å². The first-order valence-electron chi connectivity index (χ1n) is 17.3. The molecular weight excluding hydrogens is 496 g/mol. The first-order valence-corrected chi connectivity index (χ1v) is 17.3. The van der Waals surface area contributed by atoms with E-state index in [1.54, 1.807) is 0 Å². The number of carbonyl (C=O) groups excluding carboxylic acids is 1. The number of unbranched alkanes of at least 4 members (excludes halogenated alkanes) is 23. The Morgan fingerprint density at radius 3 is 1.38 bits per heavy atom. The average Bonchev–Trinajstić information content (AvgIpc) is 2.94. The molecule has 0 aromatic carbocycles. The molecule has 0 aromatic rings. The van der Waals surface area contributed by atoms with Gasteiger partial charge in [0, 0.05) is 0 Å². The van der Waals surface area contributed by atoms with E-state index in [1.165, 1.54) is 141 Å². The summed E-state index contributed by atoms with van der Waals surface area (Å²) in [4.78, 5) is 23.0. The van der Waals surface area contributed by atoms with E-state index in [4.69, 9.17) is 9.84 Å². The summed E-state index contributed by atoms with van der Waals surface area (Å²) in [5, 5.41) is 9.02. The highest BCUT2D eigenvalue weighted by atomic mass is 16.5. The molecule has 0 aliphatic carbocycles. The summed E-state index contributed by atoms with van der Waals surface area (Å²) in [6, 6.07) is 0. The van der Waals surface area contributed by atoms with Gasteiger partial charge in [0.2, 0.25) is 0 Å². The number of hydrogen-bond acceptors (Lipinski definition) is 3. The van der Waals surface area contributed by atoms with Gasteiger partial charge in [-0.1, -0.05) is 167 Å². The van der Waals surface area contributed by atoms with Gasteiger partial charge in [-0.15, -0.1) is 0 Å². The summed E-state index contributed by atoms with van der Waals surface area (Å²) in [7, 11) is 0. The number of esters is 1. The van der Waals surface area contributed by atoms with Gasteiger partial charge < -0.3 is 9.84 Å². The van der Waals surface area contributed by atoms with E-state index in [-0.39, 0.29) is 13.0 Å². The van der Waals surface area contributed by atoms with Gasteiger partial charge in [0.1, 0.15) is 6.61 Å². The number of carboxylic acid groups (broad SMARTS) is 1. The Balaban J connectivity index is 3.36. The Bertz CT molecular complexity index is 598. The van der Waals surface area contributed by atoms with Crippen LogP contribution in [0.1, 0.15) is 180 Å². The zero-order valence-corrected chi connectivity index (χ0v) is 26.5. The normalized spacial score (nSPS) is 12.1. The number of allylic oxidation sites excluding steroid dienone is 2. The van der Waals surface area contributed by atoms with Gasteiger partial charge in [0.05, 0.1) is 12.3 Å². The molecule has 234 valence electrons. The summed E-state index contributed by atoms with van der Waals surface area (Å²) >= 11 is 0. The van der Waals surface area contributed by atoms with Crippen LogP contribution in [0.25, 0.3) is 0 Å². The van der Waals surface area contributed by atoms with Gasteiger partial charge >= 0.3 is 11.9 Å². The van der Waals surface area contributed by atoms with Crippen molar-refractivity contribution >= 4 is 11.9 Å². The highest BCUT2D eigenvalue weighted by Gasteiger charge is 2.22. The molecule has 4 heteroatoms. The molecule has 1 atom stereocenters. The Morgan fingerprint density at radius 2 is 1.00 bits per heavy atom. The maximum absolute atomic E-state index is 12.0. The third-order valence-corrected chi connectivity index (χ3v) is 7.91. The zero-order valence-electron chi connectivity index (χ0n) is 26.5. The van der Waals surface area contributed by atoms with E-state index >= 15 is 0 Å². The lowest BCUT2D eigenvalue weighted by Gasteiger charge is -2.13. The molecule has 0 bridgehead atoms. The number of aliphatic carboxylic acids is 1. The van der Waals surface area contributed by atoms with Crippen LogP contribution in [0.15, 0.2) is 24.8 Å². The second kappa shape index (κ2) is 31.9. The lowest BCUT2D eigenvalue weighted by molar-refractivity contribution is -0.152. The van der Waals surface area contributed by atoms with Crippen molar-refractivity contribution in [2.24, 2.45) is 5.92 Å². The smallest absolute Gasteiger partial charge is 0.309 e. The van der Waals surface area contributed by atoms with Crippen molar-refractivity contribution in [3.05, 3.63) is 24.8 Å². The van der Waals surface area contributed by atoms with Crippen LogP contribution in [0, 0.1) is 5.92 Å². The van der Waals surface area contributed by atoms with Crippen LogP contribution in [-0.2, 0) is 14.3 Å². The van der Waals surface area contributed by atoms with Crippen molar-refractivity contribution in [1.82, 2.24) is 0 Å². The first kappa shape index (κ1) is 38.4. The van der Waals surface area contributed by atoms with Crippen molar-refractivity contribution in [2.75, 3.05) is 6.61 Å². The molecule has 0 heterocycles. The third kappa shape index (κ3) is 29.4. The van der Waals surface area contributed by atoms with E-state index < -0.39 is 17.9 Å². The maximum Gasteiger partial charge on any atom is 0.309 e. The van der Waals surface area contributed by atoms with Crippen LogP contribution in [-0.4, -0.2) is 23.7 Å². The Labute approximate surface area is 248 Å². The van der Waals surface area contributed by atoms with Crippen molar-refractivity contribution < 1.29 is 19.4 Å². The minimum atomic E-state index is -0.950. The van der Waals surface area contributed by atoms with Crippen LogP contribution >= 0.6 is 0 Å². The molecule has 1 N–H and O–H groups in total. The topological polar surface area (TPSA) is 63.6 Å². The number of rotatable bonds is 32. The van der Waals surface area contributed by atoms with E-state index in [1.807, 2.05) is 0 Å². The summed E-state index contributed by atoms with van der Waals surface area (Å²) < 4.78 is 5.03. The minimum Gasteiger partial charge on any atom is -0.481 e. The van der Waals surface area contributed by atoms with E-state index in [0.29, 0.717) is 6.42 Å². The molecule has 40 heavy (non-hydrogen) atoms. The van der Waals surface area contributed by atoms with E-state index in [0.717, 1.165) is 25.7 Å². The van der Waals surface area contributed by atoms with Gasteiger partial charge in [0.15, 0.2) is 0 Å². The number of ether oxygens (including phenoxy) is 1. The molecule has 4 nitrogen and oxygen atoms in total. The molecule has 0 aliphatic heterocycles. The Kier molecular flexibility index (Phi) is 30.7. The summed E-state index contributed by atoms with van der Waals surface area (Å²) in [6.07, 6.45) is 40.1. The molecule has 0 fully saturated rings. The van der Waals surface area contributed by atoms with Crippen LogP contribution in [0.2, 0.25) is 0 Å². The monoisotopic (exact) mass is 562 g/mol. The average molecular weight is 563 g/mol. The predicted molar refractivity (Wildman–Crippen MR) is 172 cm³/mol. The quantitative estimate of drug-likeness (QED) is 0.0503. The van der Waals surface area contributed by atoms with Gasteiger partial charge in [-0.25, -0.2) is 0 Å². The third-order valence-electron chi connectivity index (χ3n) is 7.91. The standard InChI is InChI=1S/C36H66O4/c1-3-5-6-7-8-9-10-11-12-13-14-15-16-17-18-19-20-21-22-23-24-25-26-27-28-29-30-31-34(33-35(37)38)36(39)40-32-4-2/h4,25-26,34H,2-3,5-24,27-33H2,1H3,(H,37,38)/b26-25+. The predicted octanol–water partition coefficient (Wildman–Crippen LogP) is 11.5. The number of carbonyl (C=O) groups is 2. The fourth-order valence-electron chi connectivity index (χ4n) is 5.36. The summed E-state index contributed by atoms with van der Waals surface area (Å²) in [6.45, 7) is 5.95. The van der Waals surface area contributed by atoms with Crippen molar-refractivity contribution in [1.29, 1.82) is 0 Å². The second-order valence-electron chi connectivity index (χ2n) is 11.8. The zero-order chi connectivity index (χ0) is 29.4. The lowest BCUT2D eigenvalue weighted by atomic mass is 9.97. The molecule has 1 unspecified atom stereocenters. The molecule has 0 saturated heterocycles. The molecule has 0 spiro atoms. The highest BCUT2D eigenvalue weighted by molar-refractivity contribution is 5.79. The second-order valence-corrected chi connectivity index (χ2v) is 11.8. The molecule has 0 saturated carbocycles.